The van der Waals surface area contributed by atoms with E-state index in [-0.39, 0.29) is 0 Å². The Kier molecular flexibility index (Phi) is 4.38. The molecule has 0 spiro atoms. The molecule has 128 valence electrons. The fraction of sp³-hybridized carbons (Fsp3) is 0.421. The van der Waals surface area contributed by atoms with Crippen LogP contribution >= 0.6 is 0 Å². The molecule has 0 N–H and O–H groups in total. The van der Waals surface area contributed by atoms with Gasteiger partial charge in [0.25, 0.3) is 0 Å². The molecule has 0 unspecified atom stereocenters. The van der Waals surface area contributed by atoms with Gasteiger partial charge in [-0.3, -0.25) is 0 Å². The van der Waals surface area contributed by atoms with Crippen LogP contribution in [-0.4, -0.2) is 49.2 Å². The average molecular weight is 334 g/mol. The zero-order valence-electron chi connectivity index (χ0n) is 14.3. The number of hydrogen-bond acceptors (Lipinski definition) is 6. The fourth-order valence-electron chi connectivity index (χ4n) is 3.65. The van der Waals surface area contributed by atoms with Crippen molar-refractivity contribution in [3.8, 4) is 6.07 Å². The Bertz CT molecular complexity index is 769. The van der Waals surface area contributed by atoms with Crippen LogP contribution in [0.2, 0.25) is 0 Å². The van der Waals surface area contributed by atoms with Crippen LogP contribution in [0.25, 0.3) is 0 Å². The molecule has 6 heteroatoms. The molecule has 2 fully saturated rings. The van der Waals surface area contributed by atoms with E-state index >= 15 is 0 Å². The third-order valence-electron chi connectivity index (χ3n) is 5.04. The largest absolute Gasteiger partial charge is 0.367 e. The fourth-order valence-corrected chi connectivity index (χ4v) is 3.65. The Hall–Kier alpha value is -2.81. The van der Waals surface area contributed by atoms with Gasteiger partial charge in [0.05, 0.1) is 11.3 Å². The van der Waals surface area contributed by atoms with Crippen molar-refractivity contribution in [3.63, 3.8) is 0 Å². The van der Waals surface area contributed by atoms with Gasteiger partial charge in [0.15, 0.2) is 0 Å². The van der Waals surface area contributed by atoms with E-state index in [0.717, 1.165) is 62.2 Å². The van der Waals surface area contributed by atoms with Crippen molar-refractivity contribution < 1.29 is 0 Å². The topological polar surface area (TPSA) is 59.3 Å². The van der Waals surface area contributed by atoms with Gasteiger partial charge in [0.1, 0.15) is 24.0 Å². The van der Waals surface area contributed by atoms with Crippen molar-refractivity contribution in [1.29, 1.82) is 5.26 Å². The number of benzene rings is 1. The molecule has 1 aromatic heterocycles. The van der Waals surface area contributed by atoms with Gasteiger partial charge in [-0.2, -0.15) is 5.26 Å². The summed E-state index contributed by atoms with van der Waals surface area (Å²) < 4.78 is 0. The maximum absolute atomic E-state index is 9.30. The third-order valence-corrected chi connectivity index (χ3v) is 5.04. The highest BCUT2D eigenvalue weighted by molar-refractivity contribution is 5.60. The van der Waals surface area contributed by atoms with E-state index < -0.39 is 0 Å². The summed E-state index contributed by atoms with van der Waals surface area (Å²) in [6, 6.07) is 12.2. The molecule has 3 heterocycles. The van der Waals surface area contributed by atoms with Gasteiger partial charge in [-0.25, -0.2) is 9.97 Å². The lowest BCUT2D eigenvalue weighted by Crippen LogP contribution is -2.47. The molecule has 4 rings (SSSR count). The molecule has 0 radical (unpaired) electrons. The predicted octanol–water partition coefficient (Wildman–Crippen LogP) is 2.28. The molecule has 6 nitrogen and oxygen atoms in total. The number of anilines is 3. The maximum Gasteiger partial charge on any atom is 0.134 e. The summed E-state index contributed by atoms with van der Waals surface area (Å²) in [4.78, 5) is 15.9. The molecule has 2 aromatic rings. The van der Waals surface area contributed by atoms with Crippen molar-refractivity contribution in [3.05, 3.63) is 42.2 Å². The summed E-state index contributed by atoms with van der Waals surface area (Å²) >= 11 is 0. The van der Waals surface area contributed by atoms with E-state index in [2.05, 4.69) is 36.8 Å². The minimum atomic E-state index is 0.745. The van der Waals surface area contributed by atoms with Gasteiger partial charge in [-0.15, -0.1) is 0 Å². The quantitative estimate of drug-likeness (QED) is 0.858. The molecule has 0 saturated carbocycles. The van der Waals surface area contributed by atoms with Gasteiger partial charge in [0.2, 0.25) is 0 Å². The highest BCUT2D eigenvalue weighted by atomic mass is 15.3. The molecule has 0 atom stereocenters. The number of rotatable bonds is 3. The lowest BCUT2D eigenvalue weighted by atomic mass is 10.1. The van der Waals surface area contributed by atoms with Crippen LogP contribution in [0.15, 0.2) is 36.7 Å². The lowest BCUT2D eigenvalue weighted by molar-refractivity contribution is 0.646. The summed E-state index contributed by atoms with van der Waals surface area (Å²) in [7, 11) is 0. The second-order valence-electron chi connectivity index (χ2n) is 6.53. The van der Waals surface area contributed by atoms with E-state index in [9.17, 15) is 5.26 Å². The minimum absolute atomic E-state index is 0.745. The summed E-state index contributed by atoms with van der Waals surface area (Å²) in [5, 5.41) is 9.30. The summed E-state index contributed by atoms with van der Waals surface area (Å²) in [5.74, 6) is 2.05. The summed E-state index contributed by atoms with van der Waals surface area (Å²) in [6.07, 6.45) is 4.17. The lowest BCUT2D eigenvalue weighted by Gasteiger charge is -2.37. The van der Waals surface area contributed by atoms with E-state index in [1.165, 1.54) is 12.8 Å². The molecule has 2 saturated heterocycles. The van der Waals surface area contributed by atoms with Crippen LogP contribution in [0.3, 0.4) is 0 Å². The van der Waals surface area contributed by atoms with E-state index in [1.807, 2.05) is 24.3 Å². The Labute approximate surface area is 148 Å². The van der Waals surface area contributed by atoms with E-state index in [1.54, 1.807) is 6.33 Å². The number of nitriles is 1. The highest BCUT2D eigenvalue weighted by Gasteiger charge is 2.21. The Morgan fingerprint density at radius 3 is 2.08 bits per heavy atom. The van der Waals surface area contributed by atoms with Crippen LogP contribution in [-0.2, 0) is 0 Å². The number of para-hydroxylation sites is 1. The Morgan fingerprint density at radius 1 is 0.800 bits per heavy atom. The third kappa shape index (κ3) is 3.22. The molecule has 25 heavy (non-hydrogen) atoms. The minimum Gasteiger partial charge on any atom is -0.367 e. The highest BCUT2D eigenvalue weighted by Crippen LogP contribution is 2.25. The first kappa shape index (κ1) is 15.7. The summed E-state index contributed by atoms with van der Waals surface area (Å²) in [6.45, 7) is 5.76. The second-order valence-corrected chi connectivity index (χ2v) is 6.53. The molecule has 2 aliphatic rings. The van der Waals surface area contributed by atoms with E-state index in [0.29, 0.717) is 0 Å². The standard InChI is InChI=1S/C19H22N6/c20-14-16-5-1-2-6-17(16)23-9-11-25(12-10-23)19-13-18(21-15-22-19)24-7-3-4-8-24/h1-2,5-6,13,15H,3-4,7-12H2. The average Bonchev–Trinajstić information content (AvgIpc) is 3.23. The number of hydrogen-bond donors (Lipinski definition) is 0. The molecule has 2 aliphatic heterocycles. The van der Waals surface area contributed by atoms with Crippen LogP contribution in [0.5, 0.6) is 0 Å². The molecule has 1 aromatic carbocycles. The number of piperazine rings is 1. The van der Waals surface area contributed by atoms with Crippen LogP contribution in [0, 0.1) is 11.3 Å². The first-order chi connectivity index (χ1) is 12.3. The molecule has 0 aliphatic carbocycles. The first-order valence-electron chi connectivity index (χ1n) is 8.91. The van der Waals surface area contributed by atoms with Gasteiger partial charge in [0, 0.05) is 45.3 Å². The number of nitrogens with zero attached hydrogens (tertiary/aromatic N) is 6. The zero-order chi connectivity index (χ0) is 17.1. The smallest absolute Gasteiger partial charge is 0.134 e. The maximum atomic E-state index is 9.30. The zero-order valence-corrected chi connectivity index (χ0v) is 14.3. The normalized spacial score (nSPS) is 17.6. The molecular formula is C19H22N6. The van der Waals surface area contributed by atoms with Crippen molar-refractivity contribution in [1.82, 2.24) is 9.97 Å². The molecular weight excluding hydrogens is 312 g/mol. The van der Waals surface area contributed by atoms with Crippen molar-refractivity contribution in [2.24, 2.45) is 0 Å². The second kappa shape index (κ2) is 6.98. The first-order valence-corrected chi connectivity index (χ1v) is 8.91. The predicted molar refractivity (Wildman–Crippen MR) is 99.1 cm³/mol. The Morgan fingerprint density at radius 2 is 1.40 bits per heavy atom. The van der Waals surface area contributed by atoms with Crippen LogP contribution in [0.4, 0.5) is 17.3 Å². The van der Waals surface area contributed by atoms with Crippen molar-refractivity contribution >= 4 is 17.3 Å². The van der Waals surface area contributed by atoms with E-state index in [4.69, 9.17) is 0 Å². The van der Waals surface area contributed by atoms with Gasteiger partial charge in [-0.05, 0) is 25.0 Å². The SMILES string of the molecule is N#Cc1ccccc1N1CCN(c2cc(N3CCCC3)ncn2)CC1. The monoisotopic (exact) mass is 334 g/mol. The van der Waals surface area contributed by atoms with Crippen molar-refractivity contribution in [2.45, 2.75) is 12.8 Å². The molecule has 0 amide bonds. The summed E-state index contributed by atoms with van der Waals surface area (Å²) in [5.41, 5.74) is 1.78. The van der Waals surface area contributed by atoms with Crippen LogP contribution in [0.1, 0.15) is 18.4 Å². The van der Waals surface area contributed by atoms with Gasteiger partial charge in [-0.1, -0.05) is 12.1 Å². The Balaban J connectivity index is 1.45. The van der Waals surface area contributed by atoms with Crippen LogP contribution < -0.4 is 14.7 Å². The van der Waals surface area contributed by atoms with Crippen molar-refractivity contribution in [2.75, 3.05) is 54.0 Å². The van der Waals surface area contributed by atoms with Gasteiger partial charge < -0.3 is 14.7 Å². The van der Waals surface area contributed by atoms with Gasteiger partial charge >= 0.3 is 0 Å². The molecule has 0 bridgehead atoms. The number of aromatic nitrogens is 2.